The average molecular weight is 459 g/mol. The van der Waals surface area contributed by atoms with E-state index in [0.29, 0.717) is 11.3 Å². The van der Waals surface area contributed by atoms with E-state index in [1.54, 1.807) is 42.5 Å². The number of hydrogen-bond acceptors (Lipinski definition) is 4. The fourth-order valence-electron chi connectivity index (χ4n) is 3.00. The van der Waals surface area contributed by atoms with Crippen LogP contribution in [-0.4, -0.2) is 17.0 Å². The summed E-state index contributed by atoms with van der Waals surface area (Å²) < 4.78 is 44.9. The average Bonchev–Trinajstić information content (AvgIpc) is 2.78. The van der Waals surface area contributed by atoms with Crippen molar-refractivity contribution in [3.05, 3.63) is 89.0 Å². The number of nitrogens with two attached hydrogens (primary N) is 1. The molecule has 3 amide bonds. The number of rotatable bonds is 7. The number of para-hydroxylation sites is 2. The van der Waals surface area contributed by atoms with Gasteiger partial charge in [-0.25, -0.2) is 4.79 Å². The zero-order valence-corrected chi connectivity index (χ0v) is 17.1. The lowest BCUT2D eigenvalue weighted by molar-refractivity contribution is -0.137. The molecule has 0 saturated heterocycles. The van der Waals surface area contributed by atoms with Gasteiger partial charge in [0.25, 0.3) is 5.91 Å². The summed E-state index contributed by atoms with van der Waals surface area (Å²) in [4.78, 5) is 23.9. The number of carbonyl (C=O) groups excluding carboxylic acids is 2. The van der Waals surface area contributed by atoms with E-state index in [0.717, 1.165) is 12.1 Å². The first-order chi connectivity index (χ1) is 15.7. The van der Waals surface area contributed by atoms with E-state index in [-0.39, 0.29) is 29.1 Å². The number of urea groups is 1. The number of hydrogen-bond donors (Lipinski definition) is 4. The number of aliphatic hydroxyl groups is 1. The number of amides is 3. The van der Waals surface area contributed by atoms with E-state index in [4.69, 9.17) is 10.5 Å². The molecule has 0 atom stereocenters. The van der Waals surface area contributed by atoms with Crippen molar-refractivity contribution in [3.63, 3.8) is 0 Å². The monoisotopic (exact) mass is 459 g/mol. The first-order valence-electron chi connectivity index (χ1n) is 9.69. The van der Waals surface area contributed by atoms with Gasteiger partial charge in [0.15, 0.2) is 0 Å². The largest absolute Gasteiger partial charge is 0.456 e. The Kier molecular flexibility index (Phi) is 7.19. The van der Waals surface area contributed by atoms with Crippen LogP contribution in [0, 0.1) is 0 Å². The molecule has 3 aromatic rings. The van der Waals surface area contributed by atoms with E-state index < -0.39 is 30.3 Å². The molecule has 0 saturated carbocycles. The summed E-state index contributed by atoms with van der Waals surface area (Å²) in [5, 5.41) is 14.1. The third kappa shape index (κ3) is 6.23. The van der Waals surface area contributed by atoms with Crippen LogP contribution in [0.4, 0.5) is 23.7 Å². The van der Waals surface area contributed by atoms with Crippen molar-refractivity contribution in [1.29, 1.82) is 0 Å². The molecule has 3 aromatic carbocycles. The molecular formula is C23H20F3N3O4. The van der Waals surface area contributed by atoms with Gasteiger partial charge in [-0.15, -0.1) is 0 Å². The Bertz CT molecular complexity index is 1170. The molecule has 0 heterocycles. The molecule has 0 aliphatic heterocycles. The number of benzene rings is 3. The van der Waals surface area contributed by atoms with E-state index in [9.17, 15) is 27.9 Å². The number of halogens is 3. The van der Waals surface area contributed by atoms with Crippen LogP contribution in [0.15, 0.2) is 66.7 Å². The molecule has 0 aliphatic carbocycles. The van der Waals surface area contributed by atoms with Crippen LogP contribution in [-0.2, 0) is 19.3 Å². The lowest BCUT2D eigenvalue weighted by Gasteiger charge is -2.15. The minimum atomic E-state index is -4.63. The molecule has 5 N–H and O–H groups in total. The van der Waals surface area contributed by atoms with Gasteiger partial charge in [-0.05, 0) is 42.0 Å². The van der Waals surface area contributed by atoms with Crippen molar-refractivity contribution in [3.8, 4) is 11.5 Å². The van der Waals surface area contributed by atoms with Crippen molar-refractivity contribution >= 4 is 17.6 Å². The third-order valence-electron chi connectivity index (χ3n) is 4.55. The second-order valence-corrected chi connectivity index (χ2v) is 6.95. The first kappa shape index (κ1) is 23.6. The van der Waals surface area contributed by atoms with Gasteiger partial charge in [0, 0.05) is 17.8 Å². The number of primary amides is 1. The molecule has 0 radical (unpaired) electrons. The molecule has 3 rings (SSSR count). The summed E-state index contributed by atoms with van der Waals surface area (Å²) in [7, 11) is 0. The fourth-order valence-corrected chi connectivity index (χ4v) is 3.00. The standard InChI is InChI=1S/C23H20F3N3O4/c24-23(25,26)16-9-14(13-30)10-17(11-16)29-22(32)28-12-15-5-1-3-7-19(15)33-20-8-4-2-6-18(20)21(27)31/h1-11,30H,12-13H2,(H2,27,31)(H2,28,29,32). The maximum atomic E-state index is 13.0. The Labute approximate surface area is 187 Å². The summed E-state index contributed by atoms with van der Waals surface area (Å²) in [5.41, 5.74) is 4.99. The predicted molar refractivity (Wildman–Crippen MR) is 115 cm³/mol. The molecule has 10 heteroatoms. The number of carbonyl (C=O) groups is 2. The minimum absolute atomic E-state index is 0.00647. The van der Waals surface area contributed by atoms with E-state index in [2.05, 4.69) is 10.6 Å². The lowest BCUT2D eigenvalue weighted by atomic mass is 10.1. The van der Waals surface area contributed by atoms with Crippen molar-refractivity contribution < 1.29 is 32.6 Å². The van der Waals surface area contributed by atoms with Crippen LogP contribution in [0.25, 0.3) is 0 Å². The molecule has 0 bridgehead atoms. The Hall–Kier alpha value is -4.05. The highest BCUT2D eigenvalue weighted by molar-refractivity contribution is 5.95. The summed E-state index contributed by atoms with van der Waals surface area (Å²) in [6.07, 6.45) is -4.63. The van der Waals surface area contributed by atoms with Crippen LogP contribution < -0.4 is 21.1 Å². The smallest absolute Gasteiger partial charge is 0.416 e. The normalized spacial score (nSPS) is 11.0. The van der Waals surface area contributed by atoms with Crippen molar-refractivity contribution in [2.75, 3.05) is 5.32 Å². The predicted octanol–water partition coefficient (Wildman–Crippen LogP) is 4.41. The van der Waals surface area contributed by atoms with Crippen molar-refractivity contribution in [2.24, 2.45) is 5.73 Å². The van der Waals surface area contributed by atoms with Crippen LogP contribution in [0.1, 0.15) is 27.0 Å². The SMILES string of the molecule is NC(=O)c1ccccc1Oc1ccccc1CNC(=O)Nc1cc(CO)cc(C(F)(F)F)c1. The zero-order chi connectivity index (χ0) is 24.0. The highest BCUT2D eigenvalue weighted by Gasteiger charge is 2.31. The Morgan fingerprint density at radius 3 is 2.30 bits per heavy atom. The van der Waals surface area contributed by atoms with Gasteiger partial charge >= 0.3 is 12.2 Å². The third-order valence-corrected chi connectivity index (χ3v) is 4.55. The van der Waals surface area contributed by atoms with E-state index in [1.807, 2.05) is 0 Å². The van der Waals surface area contributed by atoms with E-state index >= 15 is 0 Å². The number of aliphatic hydroxyl groups excluding tert-OH is 1. The Morgan fingerprint density at radius 1 is 0.970 bits per heavy atom. The molecule has 0 aromatic heterocycles. The Morgan fingerprint density at radius 2 is 1.64 bits per heavy atom. The van der Waals surface area contributed by atoms with Crippen molar-refractivity contribution in [2.45, 2.75) is 19.3 Å². The quantitative estimate of drug-likeness (QED) is 0.419. The fraction of sp³-hybridized carbons (Fsp3) is 0.130. The minimum Gasteiger partial charge on any atom is -0.456 e. The summed E-state index contributed by atoms with van der Waals surface area (Å²) in [5.74, 6) is -0.0699. The molecule has 0 fully saturated rings. The van der Waals surface area contributed by atoms with Crippen LogP contribution in [0.3, 0.4) is 0 Å². The lowest BCUT2D eigenvalue weighted by Crippen LogP contribution is -2.28. The molecule has 0 unspecified atom stereocenters. The van der Waals surface area contributed by atoms with Crippen molar-refractivity contribution in [1.82, 2.24) is 5.32 Å². The van der Waals surface area contributed by atoms with Gasteiger partial charge in [-0.2, -0.15) is 13.2 Å². The Balaban J connectivity index is 1.72. The number of anilines is 1. The van der Waals surface area contributed by atoms with Crippen LogP contribution >= 0.6 is 0 Å². The summed E-state index contributed by atoms with van der Waals surface area (Å²) in [6.45, 7) is -0.635. The van der Waals surface area contributed by atoms with Gasteiger partial charge < -0.3 is 26.2 Å². The second kappa shape index (κ2) is 10.0. The second-order valence-electron chi connectivity index (χ2n) is 6.95. The molecule has 0 spiro atoms. The molecule has 0 aliphatic rings. The summed E-state index contributed by atoms with van der Waals surface area (Å²) in [6, 6.07) is 15.2. The molecule has 172 valence electrons. The highest BCUT2D eigenvalue weighted by atomic mass is 19.4. The first-order valence-corrected chi connectivity index (χ1v) is 9.69. The van der Waals surface area contributed by atoms with Gasteiger partial charge in [0.1, 0.15) is 11.5 Å². The molecule has 7 nitrogen and oxygen atoms in total. The number of ether oxygens (including phenoxy) is 1. The molecular weight excluding hydrogens is 439 g/mol. The van der Waals surface area contributed by atoms with Gasteiger partial charge in [0.2, 0.25) is 0 Å². The zero-order valence-electron chi connectivity index (χ0n) is 17.1. The van der Waals surface area contributed by atoms with Crippen LogP contribution in [0.5, 0.6) is 11.5 Å². The van der Waals surface area contributed by atoms with E-state index in [1.165, 1.54) is 12.1 Å². The maximum Gasteiger partial charge on any atom is 0.416 e. The summed E-state index contributed by atoms with van der Waals surface area (Å²) >= 11 is 0. The number of nitrogens with one attached hydrogen (secondary N) is 2. The topological polar surface area (TPSA) is 114 Å². The maximum absolute atomic E-state index is 13.0. The van der Waals surface area contributed by atoms with Gasteiger partial charge in [0.05, 0.1) is 17.7 Å². The highest BCUT2D eigenvalue weighted by Crippen LogP contribution is 2.32. The van der Waals surface area contributed by atoms with Gasteiger partial charge in [-0.3, -0.25) is 4.79 Å². The van der Waals surface area contributed by atoms with Gasteiger partial charge in [-0.1, -0.05) is 30.3 Å². The van der Waals surface area contributed by atoms with Crippen LogP contribution in [0.2, 0.25) is 0 Å². The molecule has 33 heavy (non-hydrogen) atoms. The number of alkyl halides is 3.